The Morgan fingerprint density at radius 3 is 2.94 bits per heavy atom. The van der Waals surface area contributed by atoms with E-state index in [1.54, 1.807) is 0 Å². The molecule has 0 aliphatic carbocycles. The van der Waals surface area contributed by atoms with E-state index in [0.717, 1.165) is 18.0 Å². The van der Waals surface area contributed by atoms with Gasteiger partial charge in [-0.2, -0.15) is 11.8 Å². The zero-order valence-corrected chi connectivity index (χ0v) is 12.8. The van der Waals surface area contributed by atoms with Gasteiger partial charge in [0.2, 0.25) is 0 Å². The molecule has 100 valence electrons. The van der Waals surface area contributed by atoms with Crippen LogP contribution >= 0.6 is 23.4 Å². The van der Waals surface area contributed by atoms with Gasteiger partial charge in [-0.3, -0.25) is 0 Å². The van der Waals surface area contributed by atoms with Crippen molar-refractivity contribution in [3.8, 4) is 0 Å². The molecule has 1 heterocycles. The fraction of sp³-hybridized carbons (Fsp3) is 0.600. The highest BCUT2D eigenvalue weighted by Gasteiger charge is 2.37. The van der Waals surface area contributed by atoms with Gasteiger partial charge in [0, 0.05) is 15.8 Å². The Morgan fingerprint density at radius 2 is 2.33 bits per heavy atom. The first-order valence-corrected chi connectivity index (χ1v) is 8.12. The summed E-state index contributed by atoms with van der Waals surface area (Å²) in [6.45, 7) is 5.62. The summed E-state index contributed by atoms with van der Waals surface area (Å²) in [6, 6.07) is 8.80. The van der Waals surface area contributed by atoms with Crippen molar-refractivity contribution in [3.63, 3.8) is 0 Å². The Labute approximate surface area is 120 Å². The molecular weight excluding hydrogens is 262 g/mol. The minimum atomic E-state index is 0.373. The molecule has 18 heavy (non-hydrogen) atoms. The molecule has 0 aromatic heterocycles. The van der Waals surface area contributed by atoms with Crippen molar-refractivity contribution in [1.29, 1.82) is 0 Å². The lowest BCUT2D eigenvalue weighted by molar-refractivity contribution is 0.406. The summed E-state index contributed by atoms with van der Waals surface area (Å²) in [5, 5.41) is 4.51. The van der Waals surface area contributed by atoms with Gasteiger partial charge in [-0.1, -0.05) is 30.7 Å². The molecule has 1 aromatic rings. The molecule has 1 N–H and O–H groups in total. The summed E-state index contributed by atoms with van der Waals surface area (Å²) in [6.07, 6.45) is 3.73. The molecule has 0 spiro atoms. The standard InChI is InChI=1S/C15H22ClNS/c1-3-17-14(15(2)8-5-9-18-15)11-12-6-4-7-13(16)10-12/h4,6-7,10,14,17H,3,5,8-9,11H2,1-2H3. The highest BCUT2D eigenvalue weighted by Crippen LogP contribution is 2.41. The van der Waals surface area contributed by atoms with Crippen molar-refractivity contribution >= 4 is 23.4 Å². The SMILES string of the molecule is CCNC(Cc1cccc(Cl)c1)C1(C)CCCS1. The minimum Gasteiger partial charge on any atom is -0.313 e. The number of hydrogen-bond acceptors (Lipinski definition) is 2. The second-order valence-electron chi connectivity index (χ2n) is 5.21. The Bertz CT molecular complexity index is 388. The van der Waals surface area contributed by atoms with Crippen molar-refractivity contribution < 1.29 is 0 Å². The lowest BCUT2D eigenvalue weighted by Gasteiger charge is -2.34. The van der Waals surface area contributed by atoms with Crippen LogP contribution in [0.4, 0.5) is 0 Å². The van der Waals surface area contributed by atoms with E-state index in [1.165, 1.54) is 24.2 Å². The average Bonchev–Trinajstić information content (AvgIpc) is 2.77. The van der Waals surface area contributed by atoms with Gasteiger partial charge in [0.1, 0.15) is 0 Å². The smallest absolute Gasteiger partial charge is 0.0408 e. The molecular formula is C15H22ClNS. The molecule has 1 fully saturated rings. The maximum Gasteiger partial charge on any atom is 0.0408 e. The summed E-state index contributed by atoms with van der Waals surface area (Å²) in [5.74, 6) is 1.30. The highest BCUT2D eigenvalue weighted by molar-refractivity contribution is 8.00. The molecule has 1 saturated heterocycles. The molecule has 1 aliphatic rings. The number of halogens is 1. The molecule has 1 nitrogen and oxygen atoms in total. The Balaban J connectivity index is 2.10. The highest BCUT2D eigenvalue weighted by atomic mass is 35.5. The van der Waals surface area contributed by atoms with Crippen LogP contribution in [0.3, 0.4) is 0 Å². The molecule has 0 saturated carbocycles. The first-order chi connectivity index (χ1) is 8.64. The lowest BCUT2D eigenvalue weighted by atomic mass is 9.91. The van der Waals surface area contributed by atoms with Gasteiger partial charge in [-0.15, -0.1) is 0 Å². The van der Waals surface area contributed by atoms with Crippen LogP contribution in [0.25, 0.3) is 0 Å². The van der Waals surface area contributed by atoms with Gasteiger partial charge in [-0.05, 0) is 56.2 Å². The van der Waals surface area contributed by atoms with E-state index in [2.05, 4.69) is 43.1 Å². The van der Waals surface area contributed by atoms with Gasteiger partial charge in [-0.25, -0.2) is 0 Å². The molecule has 0 bridgehead atoms. The van der Waals surface area contributed by atoms with E-state index in [9.17, 15) is 0 Å². The Hall–Kier alpha value is -0.180. The number of benzene rings is 1. The maximum atomic E-state index is 6.07. The van der Waals surface area contributed by atoms with E-state index >= 15 is 0 Å². The quantitative estimate of drug-likeness (QED) is 0.871. The fourth-order valence-electron chi connectivity index (χ4n) is 2.73. The number of thioether (sulfide) groups is 1. The van der Waals surface area contributed by atoms with Gasteiger partial charge in [0.05, 0.1) is 0 Å². The van der Waals surface area contributed by atoms with Gasteiger partial charge in [0.25, 0.3) is 0 Å². The summed E-state index contributed by atoms with van der Waals surface area (Å²) in [7, 11) is 0. The van der Waals surface area contributed by atoms with Crippen LogP contribution in [-0.2, 0) is 6.42 Å². The topological polar surface area (TPSA) is 12.0 Å². The summed E-state index contributed by atoms with van der Waals surface area (Å²) < 4.78 is 0.373. The van der Waals surface area contributed by atoms with E-state index in [4.69, 9.17) is 11.6 Å². The molecule has 0 amide bonds. The molecule has 0 radical (unpaired) electrons. The maximum absolute atomic E-state index is 6.07. The third-order valence-electron chi connectivity index (χ3n) is 3.77. The van der Waals surface area contributed by atoms with Crippen LogP contribution in [0.2, 0.25) is 5.02 Å². The normalized spacial score (nSPS) is 25.3. The monoisotopic (exact) mass is 283 g/mol. The van der Waals surface area contributed by atoms with E-state index in [0.29, 0.717) is 10.8 Å². The largest absolute Gasteiger partial charge is 0.313 e. The van der Waals surface area contributed by atoms with Gasteiger partial charge >= 0.3 is 0 Å². The van der Waals surface area contributed by atoms with Crippen LogP contribution in [0.5, 0.6) is 0 Å². The number of hydrogen-bond donors (Lipinski definition) is 1. The predicted octanol–water partition coefficient (Wildman–Crippen LogP) is 4.15. The van der Waals surface area contributed by atoms with Crippen LogP contribution in [0.1, 0.15) is 32.3 Å². The zero-order valence-electron chi connectivity index (χ0n) is 11.2. The van der Waals surface area contributed by atoms with E-state index in [1.807, 2.05) is 12.1 Å². The van der Waals surface area contributed by atoms with Crippen LogP contribution < -0.4 is 5.32 Å². The summed E-state index contributed by atoms with van der Waals surface area (Å²) in [4.78, 5) is 0. The van der Waals surface area contributed by atoms with Crippen molar-refractivity contribution in [2.45, 2.75) is 43.9 Å². The second kappa shape index (κ2) is 6.31. The van der Waals surface area contributed by atoms with Crippen molar-refractivity contribution in [2.24, 2.45) is 0 Å². The molecule has 1 aromatic carbocycles. The fourth-order valence-corrected chi connectivity index (χ4v) is 4.35. The van der Waals surface area contributed by atoms with Crippen molar-refractivity contribution in [1.82, 2.24) is 5.32 Å². The molecule has 2 rings (SSSR count). The molecule has 3 heteroatoms. The van der Waals surface area contributed by atoms with E-state index in [-0.39, 0.29) is 0 Å². The summed E-state index contributed by atoms with van der Waals surface area (Å²) >= 11 is 8.19. The average molecular weight is 284 g/mol. The second-order valence-corrected chi connectivity index (χ2v) is 7.27. The Kier molecular flexibility index (Phi) is 4.99. The van der Waals surface area contributed by atoms with Crippen LogP contribution in [0.15, 0.2) is 24.3 Å². The Morgan fingerprint density at radius 1 is 1.50 bits per heavy atom. The first-order valence-electron chi connectivity index (χ1n) is 6.76. The molecule has 1 aliphatic heterocycles. The lowest BCUT2D eigenvalue weighted by Crippen LogP contribution is -2.46. The molecule has 2 atom stereocenters. The number of likely N-dealkylation sites (N-methyl/N-ethyl adjacent to an activating group) is 1. The third-order valence-corrected chi connectivity index (χ3v) is 5.64. The van der Waals surface area contributed by atoms with E-state index < -0.39 is 0 Å². The number of nitrogens with one attached hydrogen (secondary N) is 1. The van der Waals surface area contributed by atoms with Gasteiger partial charge in [0.15, 0.2) is 0 Å². The predicted molar refractivity (Wildman–Crippen MR) is 82.7 cm³/mol. The van der Waals surface area contributed by atoms with Crippen LogP contribution in [-0.4, -0.2) is 23.1 Å². The van der Waals surface area contributed by atoms with Gasteiger partial charge < -0.3 is 5.32 Å². The number of rotatable bonds is 5. The molecule has 2 unspecified atom stereocenters. The first kappa shape index (κ1) is 14.2. The van der Waals surface area contributed by atoms with Crippen LogP contribution in [0, 0.1) is 0 Å². The van der Waals surface area contributed by atoms with Crippen molar-refractivity contribution in [2.75, 3.05) is 12.3 Å². The summed E-state index contributed by atoms with van der Waals surface area (Å²) in [5.41, 5.74) is 1.34. The zero-order chi connectivity index (χ0) is 13.0. The third kappa shape index (κ3) is 3.43. The van der Waals surface area contributed by atoms with Crippen molar-refractivity contribution in [3.05, 3.63) is 34.9 Å². The minimum absolute atomic E-state index is 0.373.